The van der Waals surface area contributed by atoms with Crippen LogP contribution in [0.1, 0.15) is 40.2 Å². The average molecular weight is 404 g/mol. The lowest BCUT2D eigenvalue weighted by Gasteiger charge is -2.19. The summed E-state index contributed by atoms with van der Waals surface area (Å²) in [4.78, 5) is 43.7. The lowest BCUT2D eigenvalue weighted by molar-refractivity contribution is -0.122. The van der Waals surface area contributed by atoms with Crippen LogP contribution < -0.4 is 10.2 Å². The number of amides is 2. The monoisotopic (exact) mass is 403 g/mol. The quantitative estimate of drug-likeness (QED) is 0.848. The predicted octanol–water partition coefficient (Wildman–Crippen LogP) is 3.62. The Bertz CT molecular complexity index is 956. The zero-order valence-electron chi connectivity index (χ0n) is 14.8. The normalized spacial score (nSPS) is 19.3. The molecule has 1 saturated heterocycles. The van der Waals surface area contributed by atoms with E-state index in [9.17, 15) is 14.4 Å². The van der Waals surface area contributed by atoms with E-state index in [0.717, 1.165) is 29.8 Å². The number of benzene rings is 1. The second-order valence-electron chi connectivity index (χ2n) is 6.90. The molecular formula is C19H18ClN3O3S. The molecule has 0 radical (unpaired) electrons. The molecular weight excluding hydrogens is 386 g/mol. The molecule has 1 aromatic carbocycles. The van der Waals surface area contributed by atoms with Crippen LogP contribution in [0.25, 0.3) is 0 Å². The van der Waals surface area contributed by atoms with Gasteiger partial charge in [0.2, 0.25) is 11.8 Å². The number of aromatic nitrogens is 1. The third-order valence-corrected chi connectivity index (χ3v) is 6.25. The maximum Gasteiger partial charge on any atom is 0.231 e. The fourth-order valence-corrected chi connectivity index (χ4v) is 4.67. The van der Waals surface area contributed by atoms with Gasteiger partial charge in [0, 0.05) is 30.1 Å². The zero-order chi connectivity index (χ0) is 19.1. The van der Waals surface area contributed by atoms with E-state index in [4.69, 9.17) is 11.6 Å². The Hall–Kier alpha value is -2.25. The molecule has 1 aliphatic heterocycles. The lowest BCUT2D eigenvalue weighted by atomic mass is 10.0. The highest BCUT2D eigenvalue weighted by atomic mass is 35.5. The molecule has 27 heavy (non-hydrogen) atoms. The first-order chi connectivity index (χ1) is 12.9. The Balaban J connectivity index is 1.48. The van der Waals surface area contributed by atoms with Crippen molar-refractivity contribution in [3.63, 3.8) is 0 Å². The summed E-state index contributed by atoms with van der Waals surface area (Å²) in [5.41, 5.74) is 2.43. The smallest absolute Gasteiger partial charge is 0.231 e. The summed E-state index contributed by atoms with van der Waals surface area (Å²) in [6.07, 6.45) is 2.24. The fraction of sp³-hybridized carbons (Fsp3) is 0.368. The molecule has 1 fully saturated rings. The number of nitrogens with one attached hydrogen (secondary N) is 1. The van der Waals surface area contributed by atoms with Crippen LogP contribution in [0.2, 0.25) is 5.02 Å². The molecule has 2 aliphatic rings. The van der Waals surface area contributed by atoms with Gasteiger partial charge in [-0.2, -0.15) is 0 Å². The van der Waals surface area contributed by atoms with Gasteiger partial charge in [-0.3, -0.25) is 14.4 Å². The number of halogens is 1. The molecule has 0 spiro atoms. The number of carbonyl (C=O) groups is 3. The van der Waals surface area contributed by atoms with Crippen LogP contribution in [0.5, 0.6) is 0 Å². The number of aryl methyl sites for hydroxylation is 2. The van der Waals surface area contributed by atoms with Crippen molar-refractivity contribution in [2.75, 3.05) is 16.8 Å². The highest BCUT2D eigenvalue weighted by Crippen LogP contribution is 2.32. The van der Waals surface area contributed by atoms with Crippen molar-refractivity contribution in [2.45, 2.75) is 32.6 Å². The zero-order valence-corrected chi connectivity index (χ0v) is 16.3. The number of anilines is 2. The molecule has 1 aromatic heterocycles. The molecule has 1 N–H and O–H groups in total. The summed E-state index contributed by atoms with van der Waals surface area (Å²) in [6, 6.07) is 5.38. The molecule has 1 atom stereocenters. The molecule has 2 heterocycles. The van der Waals surface area contributed by atoms with Crippen LogP contribution in [0.3, 0.4) is 0 Å². The van der Waals surface area contributed by atoms with E-state index < -0.39 is 5.92 Å². The average Bonchev–Trinajstić information content (AvgIpc) is 3.21. The van der Waals surface area contributed by atoms with Gasteiger partial charge in [0.05, 0.1) is 16.5 Å². The molecule has 0 bridgehead atoms. The third kappa shape index (κ3) is 3.49. The molecule has 2 aromatic rings. The number of carbonyl (C=O) groups excluding carboxylic acids is 3. The van der Waals surface area contributed by atoms with Crippen molar-refractivity contribution >= 4 is 51.4 Å². The Morgan fingerprint density at radius 2 is 2.15 bits per heavy atom. The van der Waals surface area contributed by atoms with E-state index >= 15 is 0 Å². The van der Waals surface area contributed by atoms with E-state index in [0.29, 0.717) is 28.0 Å². The molecule has 2 amide bonds. The first-order valence-corrected chi connectivity index (χ1v) is 10.0. The molecule has 140 valence electrons. The van der Waals surface area contributed by atoms with Gasteiger partial charge in [0.15, 0.2) is 10.9 Å². The summed E-state index contributed by atoms with van der Waals surface area (Å²) < 4.78 is 0. The van der Waals surface area contributed by atoms with Crippen LogP contribution in [-0.2, 0) is 16.0 Å². The second-order valence-corrected chi connectivity index (χ2v) is 8.33. The molecule has 1 unspecified atom stereocenters. The molecule has 0 saturated carbocycles. The number of Topliss-reactive ketones (excluding diaryl/α,β-unsaturated/α-hetero) is 1. The van der Waals surface area contributed by atoms with Gasteiger partial charge in [0.25, 0.3) is 0 Å². The molecule has 1 aliphatic carbocycles. The molecule has 6 nitrogen and oxygen atoms in total. The number of thiazole rings is 1. The standard InChI is InChI=1S/C19H18ClN3O3S/c1-10-5-6-12(20)8-14(10)23-9-11(7-16(23)25)18(26)22-19-21-13-3-2-4-15(24)17(13)27-19/h5-6,8,11H,2-4,7,9H2,1H3,(H,21,22,26). The van der Waals surface area contributed by atoms with Gasteiger partial charge in [-0.1, -0.05) is 29.0 Å². The summed E-state index contributed by atoms with van der Waals surface area (Å²) in [5.74, 6) is -0.724. The number of nitrogens with zero attached hydrogens (tertiary/aromatic N) is 2. The minimum atomic E-state index is -0.465. The summed E-state index contributed by atoms with van der Waals surface area (Å²) in [6.45, 7) is 2.21. The van der Waals surface area contributed by atoms with Crippen LogP contribution >= 0.6 is 22.9 Å². The Kier molecular flexibility index (Phi) is 4.74. The Morgan fingerprint density at radius 3 is 2.93 bits per heavy atom. The van der Waals surface area contributed by atoms with E-state index in [1.807, 2.05) is 13.0 Å². The predicted molar refractivity (Wildman–Crippen MR) is 105 cm³/mol. The minimum absolute atomic E-state index is 0.0906. The lowest BCUT2D eigenvalue weighted by Crippen LogP contribution is -2.28. The van der Waals surface area contributed by atoms with Crippen molar-refractivity contribution in [1.29, 1.82) is 0 Å². The number of ketones is 1. The van der Waals surface area contributed by atoms with Crippen molar-refractivity contribution in [3.8, 4) is 0 Å². The molecule has 8 heteroatoms. The number of rotatable bonds is 3. The maximum atomic E-state index is 12.6. The van der Waals surface area contributed by atoms with Crippen molar-refractivity contribution < 1.29 is 14.4 Å². The first kappa shape index (κ1) is 18.1. The Labute approximate surface area is 165 Å². The second kappa shape index (κ2) is 7.05. The topological polar surface area (TPSA) is 79.4 Å². The van der Waals surface area contributed by atoms with Crippen molar-refractivity contribution in [3.05, 3.63) is 39.4 Å². The highest BCUT2D eigenvalue weighted by molar-refractivity contribution is 7.17. The molecule has 4 rings (SSSR count). The van der Waals surface area contributed by atoms with Crippen LogP contribution in [0, 0.1) is 12.8 Å². The van der Waals surface area contributed by atoms with Gasteiger partial charge in [-0.25, -0.2) is 4.98 Å². The van der Waals surface area contributed by atoms with E-state index in [1.54, 1.807) is 17.0 Å². The summed E-state index contributed by atoms with van der Waals surface area (Å²) in [5, 5.41) is 3.78. The van der Waals surface area contributed by atoms with Crippen LogP contribution in [0.15, 0.2) is 18.2 Å². The third-order valence-electron chi connectivity index (χ3n) is 4.96. The van der Waals surface area contributed by atoms with E-state index in [2.05, 4.69) is 10.3 Å². The van der Waals surface area contributed by atoms with Crippen molar-refractivity contribution in [2.24, 2.45) is 5.92 Å². The minimum Gasteiger partial charge on any atom is -0.311 e. The van der Waals surface area contributed by atoms with Crippen molar-refractivity contribution in [1.82, 2.24) is 4.98 Å². The fourth-order valence-electron chi connectivity index (χ4n) is 3.52. The highest BCUT2D eigenvalue weighted by Gasteiger charge is 2.36. The summed E-state index contributed by atoms with van der Waals surface area (Å²) >= 11 is 7.28. The van der Waals surface area contributed by atoms with Gasteiger partial charge >= 0.3 is 0 Å². The number of fused-ring (bicyclic) bond motifs is 1. The Morgan fingerprint density at radius 1 is 1.33 bits per heavy atom. The van der Waals surface area contributed by atoms with Crippen LogP contribution in [0.4, 0.5) is 10.8 Å². The number of hydrogen-bond donors (Lipinski definition) is 1. The number of hydrogen-bond acceptors (Lipinski definition) is 5. The summed E-state index contributed by atoms with van der Waals surface area (Å²) in [7, 11) is 0. The largest absolute Gasteiger partial charge is 0.311 e. The van der Waals surface area contributed by atoms with E-state index in [-0.39, 0.29) is 24.0 Å². The van der Waals surface area contributed by atoms with Gasteiger partial charge in [0.1, 0.15) is 0 Å². The van der Waals surface area contributed by atoms with Gasteiger partial charge in [-0.05, 0) is 37.5 Å². The van der Waals surface area contributed by atoms with Gasteiger partial charge in [-0.15, -0.1) is 0 Å². The maximum absolute atomic E-state index is 12.6. The first-order valence-electron chi connectivity index (χ1n) is 8.82. The van der Waals surface area contributed by atoms with Crippen LogP contribution in [-0.4, -0.2) is 29.1 Å². The SMILES string of the molecule is Cc1ccc(Cl)cc1N1CC(C(=O)Nc2nc3c(s2)C(=O)CCC3)CC1=O. The van der Waals surface area contributed by atoms with E-state index in [1.165, 1.54) is 11.3 Å². The van der Waals surface area contributed by atoms with Gasteiger partial charge < -0.3 is 10.2 Å².